The Kier molecular flexibility index (Phi) is 7.03. The van der Waals surface area contributed by atoms with Gasteiger partial charge in [-0.2, -0.15) is 0 Å². The average Bonchev–Trinajstić information content (AvgIpc) is 3.23. The predicted octanol–water partition coefficient (Wildman–Crippen LogP) is 2.85. The quantitative estimate of drug-likeness (QED) is 0.812. The normalized spacial score (nSPS) is 15.3. The van der Waals surface area contributed by atoms with Crippen molar-refractivity contribution < 1.29 is 4.79 Å². The fraction of sp³-hybridized carbons (Fsp3) is 0.562. The van der Waals surface area contributed by atoms with Crippen molar-refractivity contribution in [2.24, 2.45) is 5.92 Å². The first kappa shape index (κ1) is 17.0. The van der Waals surface area contributed by atoms with E-state index in [2.05, 4.69) is 41.8 Å². The number of rotatable bonds is 7. The van der Waals surface area contributed by atoms with Gasteiger partial charge in [0.2, 0.25) is 5.91 Å². The highest BCUT2D eigenvalue weighted by molar-refractivity contribution is 5.85. The fourth-order valence-electron chi connectivity index (χ4n) is 2.13. The lowest BCUT2D eigenvalue weighted by atomic mass is 10.1. The van der Waals surface area contributed by atoms with Gasteiger partial charge in [-0.15, -0.1) is 12.4 Å². The second-order valence-electron chi connectivity index (χ2n) is 5.46. The first-order valence-corrected chi connectivity index (χ1v) is 7.28. The fourth-order valence-corrected chi connectivity index (χ4v) is 2.13. The highest BCUT2D eigenvalue weighted by atomic mass is 35.5. The van der Waals surface area contributed by atoms with Crippen molar-refractivity contribution in [2.45, 2.75) is 39.2 Å². The van der Waals surface area contributed by atoms with Gasteiger partial charge in [-0.25, -0.2) is 0 Å². The summed E-state index contributed by atoms with van der Waals surface area (Å²) in [5, 5.41) is 6.24. The van der Waals surface area contributed by atoms with E-state index in [1.807, 2.05) is 6.92 Å². The number of carbonyl (C=O) groups is 1. The van der Waals surface area contributed by atoms with Gasteiger partial charge in [-0.1, -0.05) is 31.2 Å². The molecule has 0 heterocycles. The molecular weight excluding hydrogens is 272 g/mol. The summed E-state index contributed by atoms with van der Waals surface area (Å²) in [5.74, 6) is 0.888. The zero-order valence-corrected chi connectivity index (χ0v) is 13.1. The van der Waals surface area contributed by atoms with Crippen molar-refractivity contribution in [1.29, 1.82) is 0 Å². The summed E-state index contributed by atoms with van der Waals surface area (Å²) in [6, 6.07) is 8.52. The Bertz CT molecular complexity index is 415. The van der Waals surface area contributed by atoms with E-state index in [4.69, 9.17) is 0 Å². The molecule has 1 aromatic carbocycles. The average molecular weight is 297 g/mol. The topological polar surface area (TPSA) is 41.1 Å². The molecule has 1 aliphatic carbocycles. The van der Waals surface area contributed by atoms with E-state index in [0.29, 0.717) is 6.54 Å². The molecule has 1 aliphatic rings. The minimum absolute atomic E-state index is 0. The summed E-state index contributed by atoms with van der Waals surface area (Å²) < 4.78 is 0. The third kappa shape index (κ3) is 5.51. The number of hydrogen-bond acceptors (Lipinski definition) is 2. The van der Waals surface area contributed by atoms with Crippen LogP contribution in [0, 0.1) is 5.92 Å². The van der Waals surface area contributed by atoms with Gasteiger partial charge in [0.25, 0.3) is 0 Å². The van der Waals surface area contributed by atoms with Gasteiger partial charge in [0.05, 0.1) is 12.6 Å². The smallest absolute Gasteiger partial charge is 0.234 e. The number of carbonyl (C=O) groups excluding carboxylic acids is 1. The lowest BCUT2D eigenvalue weighted by Crippen LogP contribution is -2.36. The summed E-state index contributed by atoms with van der Waals surface area (Å²) in [6.07, 6.45) is 3.68. The molecule has 1 amide bonds. The van der Waals surface area contributed by atoms with Crippen LogP contribution in [-0.4, -0.2) is 19.0 Å². The van der Waals surface area contributed by atoms with Crippen LogP contribution in [0.15, 0.2) is 24.3 Å². The molecule has 0 radical (unpaired) electrons. The molecule has 2 rings (SSSR count). The molecule has 1 atom stereocenters. The molecule has 0 aromatic heterocycles. The van der Waals surface area contributed by atoms with Gasteiger partial charge in [0.1, 0.15) is 0 Å². The molecule has 0 bridgehead atoms. The summed E-state index contributed by atoms with van der Waals surface area (Å²) in [7, 11) is 0. The highest BCUT2D eigenvalue weighted by Crippen LogP contribution is 2.27. The van der Waals surface area contributed by atoms with E-state index in [1.165, 1.54) is 18.4 Å². The van der Waals surface area contributed by atoms with Crippen LogP contribution in [0.5, 0.6) is 0 Å². The SMILES string of the molecule is CCc1ccc(C(C)NC(=O)CNCC2CC2)cc1.Cl. The second-order valence-corrected chi connectivity index (χ2v) is 5.46. The van der Waals surface area contributed by atoms with Crippen molar-refractivity contribution in [3.63, 3.8) is 0 Å². The molecule has 1 unspecified atom stereocenters. The third-order valence-electron chi connectivity index (χ3n) is 3.68. The van der Waals surface area contributed by atoms with Crippen molar-refractivity contribution in [3.05, 3.63) is 35.4 Å². The number of halogens is 1. The van der Waals surface area contributed by atoms with Gasteiger partial charge in [0.15, 0.2) is 0 Å². The van der Waals surface area contributed by atoms with E-state index in [0.717, 1.165) is 24.4 Å². The van der Waals surface area contributed by atoms with E-state index >= 15 is 0 Å². The Morgan fingerprint density at radius 1 is 1.30 bits per heavy atom. The largest absolute Gasteiger partial charge is 0.348 e. The van der Waals surface area contributed by atoms with Crippen LogP contribution in [0.4, 0.5) is 0 Å². The Balaban J connectivity index is 0.00000200. The highest BCUT2D eigenvalue weighted by Gasteiger charge is 2.20. The second kappa shape index (κ2) is 8.28. The van der Waals surface area contributed by atoms with Gasteiger partial charge >= 0.3 is 0 Å². The van der Waals surface area contributed by atoms with E-state index in [9.17, 15) is 4.79 Å². The van der Waals surface area contributed by atoms with E-state index in [1.54, 1.807) is 0 Å². The monoisotopic (exact) mass is 296 g/mol. The molecule has 112 valence electrons. The molecule has 20 heavy (non-hydrogen) atoms. The maximum atomic E-state index is 11.8. The van der Waals surface area contributed by atoms with Gasteiger partial charge in [-0.3, -0.25) is 4.79 Å². The molecule has 4 heteroatoms. The van der Waals surface area contributed by atoms with Crippen LogP contribution in [-0.2, 0) is 11.2 Å². The van der Waals surface area contributed by atoms with Crippen LogP contribution in [0.25, 0.3) is 0 Å². The molecule has 2 N–H and O–H groups in total. The number of hydrogen-bond donors (Lipinski definition) is 2. The summed E-state index contributed by atoms with van der Waals surface area (Å²) in [5.41, 5.74) is 2.49. The molecule has 1 aromatic rings. The molecule has 1 saturated carbocycles. The number of amides is 1. The minimum atomic E-state index is 0. The minimum Gasteiger partial charge on any atom is -0.348 e. The van der Waals surface area contributed by atoms with Crippen LogP contribution < -0.4 is 10.6 Å². The maximum absolute atomic E-state index is 11.8. The number of aryl methyl sites for hydroxylation is 1. The molecular formula is C16H25ClN2O. The van der Waals surface area contributed by atoms with Crippen molar-refractivity contribution in [3.8, 4) is 0 Å². The van der Waals surface area contributed by atoms with Crippen LogP contribution in [0.1, 0.15) is 43.9 Å². The Labute approximate surface area is 127 Å². The lowest BCUT2D eigenvalue weighted by molar-refractivity contribution is -0.120. The zero-order valence-electron chi connectivity index (χ0n) is 12.3. The first-order valence-electron chi connectivity index (χ1n) is 7.28. The predicted molar refractivity (Wildman–Crippen MR) is 85.2 cm³/mol. The molecule has 0 saturated heterocycles. The Morgan fingerprint density at radius 2 is 1.95 bits per heavy atom. The first-order chi connectivity index (χ1) is 9.19. The van der Waals surface area contributed by atoms with E-state index < -0.39 is 0 Å². The molecule has 0 spiro atoms. The summed E-state index contributed by atoms with van der Waals surface area (Å²) in [6.45, 7) is 5.58. The number of benzene rings is 1. The van der Waals surface area contributed by atoms with Gasteiger partial charge in [0, 0.05) is 0 Å². The summed E-state index contributed by atoms with van der Waals surface area (Å²) in [4.78, 5) is 11.8. The van der Waals surface area contributed by atoms with Crippen LogP contribution >= 0.6 is 12.4 Å². The third-order valence-corrected chi connectivity index (χ3v) is 3.68. The molecule has 1 fully saturated rings. The maximum Gasteiger partial charge on any atom is 0.234 e. The number of nitrogens with one attached hydrogen (secondary N) is 2. The molecule has 3 nitrogen and oxygen atoms in total. The van der Waals surface area contributed by atoms with Crippen molar-refractivity contribution in [2.75, 3.05) is 13.1 Å². The molecule has 0 aliphatic heterocycles. The zero-order chi connectivity index (χ0) is 13.7. The van der Waals surface area contributed by atoms with Crippen LogP contribution in [0.2, 0.25) is 0 Å². The Hall–Kier alpha value is -1.06. The van der Waals surface area contributed by atoms with E-state index in [-0.39, 0.29) is 24.4 Å². The summed E-state index contributed by atoms with van der Waals surface area (Å²) >= 11 is 0. The van der Waals surface area contributed by atoms with Crippen LogP contribution in [0.3, 0.4) is 0 Å². The Morgan fingerprint density at radius 3 is 2.50 bits per heavy atom. The van der Waals surface area contributed by atoms with Crippen molar-refractivity contribution >= 4 is 18.3 Å². The lowest BCUT2D eigenvalue weighted by Gasteiger charge is -2.15. The van der Waals surface area contributed by atoms with Crippen molar-refractivity contribution in [1.82, 2.24) is 10.6 Å². The van der Waals surface area contributed by atoms with Gasteiger partial charge in [-0.05, 0) is 49.8 Å². The standard InChI is InChI=1S/C16H24N2O.ClH/c1-3-13-6-8-15(9-7-13)12(2)18-16(19)11-17-10-14-4-5-14;/h6-9,12,14,17H,3-5,10-11H2,1-2H3,(H,18,19);1H. The van der Waals surface area contributed by atoms with Gasteiger partial charge < -0.3 is 10.6 Å².